The Morgan fingerprint density at radius 2 is 2.10 bits per heavy atom. The van der Waals surface area contributed by atoms with Crippen molar-refractivity contribution in [1.82, 2.24) is 10.9 Å². The van der Waals surface area contributed by atoms with Crippen molar-refractivity contribution in [1.29, 1.82) is 5.26 Å². The second-order valence-electron chi connectivity index (χ2n) is 5.58. The van der Waals surface area contributed by atoms with Crippen molar-refractivity contribution in [2.24, 2.45) is 0 Å². The number of nitrogens with one attached hydrogen (secondary N) is 2. The van der Waals surface area contributed by atoms with Gasteiger partial charge < -0.3 is 0 Å². The van der Waals surface area contributed by atoms with E-state index in [0.717, 1.165) is 13.0 Å². The van der Waals surface area contributed by atoms with Crippen LogP contribution in [-0.4, -0.2) is 12.1 Å². The lowest BCUT2D eigenvalue weighted by molar-refractivity contribution is -0.138. The van der Waals surface area contributed by atoms with Crippen LogP contribution in [0.15, 0.2) is 18.2 Å². The summed E-state index contributed by atoms with van der Waals surface area (Å²) >= 11 is 0. The van der Waals surface area contributed by atoms with Crippen molar-refractivity contribution >= 4 is 0 Å². The molecular weight excluding hydrogens is 267 g/mol. The second kappa shape index (κ2) is 4.47. The van der Waals surface area contributed by atoms with Gasteiger partial charge in [-0.15, -0.1) is 0 Å². The lowest BCUT2D eigenvalue weighted by atomic mass is 9.87. The van der Waals surface area contributed by atoms with E-state index in [0.29, 0.717) is 12.8 Å². The first-order valence-electron chi connectivity index (χ1n) is 6.55. The monoisotopic (exact) mass is 281 g/mol. The van der Waals surface area contributed by atoms with Gasteiger partial charge in [0.2, 0.25) is 0 Å². The summed E-state index contributed by atoms with van der Waals surface area (Å²) in [6.45, 7) is 0.794. The number of benzene rings is 1. The van der Waals surface area contributed by atoms with Gasteiger partial charge >= 0.3 is 6.18 Å². The average molecular weight is 281 g/mol. The molecule has 106 valence electrons. The van der Waals surface area contributed by atoms with Crippen molar-refractivity contribution in [3.63, 3.8) is 0 Å². The smallest absolute Gasteiger partial charge is 0.255 e. The van der Waals surface area contributed by atoms with Gasteiger partial charge in [0.05, 0.1) is 17.2 Å². The third kappa shape index (κ3) is 2.07. The van der Waals surface area contributed by atoms with Gasteiger partial charge in [0.25, 0.3) is 0 Å². The molecule has 20 heavy (non-hydrogen) atoms. The number of hydrazine groups is 1. The predicted octanol–water partition coefficient (Wildman–Crippen LogP) is 2.69. The van der Waals surface area contributed by atoms with Gasteiger partial charge in [0.15, 0.2) is 0 Å². The maximum Gasteiger partial charge on any atom is 0.417 e. The molecule has 1 aromatic carbocycles. The number of rotatable bonds is 1. The van der Waals surface area contributed by atoms with E-state index in [-0.39, 0.29) is 22.6 Å². The molecule has 1 saturated carbocycles. The van der Waals surface area contributed by atoms with Crippen LogP contribution in [0.4, 0.5) is 13.2 Å². The number of nitrogens with zero attached hydrogens (tertiary/aromatic N) is 1. The Hall–Kier alpha value is -1.58. The lowest BCUT2D eigenvalue weighted by Crippen LogP contribution is -2.68. The molecule has 1 heterocycles. The van der Waals surface area contributed by atoms with Crippen LogP contribution in [0.25, 0.3) is 0 Å². The fraction of sp³-hybridized carbons (Fsp3) is 0.500. The van der Waals surface area contributed by atoms with Crippen molar-refractivity contribution in [2.45, 2.75) is 36.9 Å². The molecule has 2 aliphatic rings. The normalized spacial score (nSPS) is 29.2. The third-order valence-electron chi connectivity index (χ3n) is 4.33. The predicted molar refractivity (Wildman–Crippen MR) is 66.6 cm³/mol. The first-order chi connectivity index (χ1) is 9.45. The van der Waals surface area contributed by atoms with Gasteiger partial charge in [-0.05, 0) is 36.8 Å². The average Bonchev–Trinajstić information content (AvgIpc) is 2.82. The van der Waals surface area contributed by atoms with Gasteiger partial charge in [-0.2, -0.15) is 18.4 Å². The van der Waals surface area contributed by atoms with E-state index in [1.54, 1.807) is 12.1 Å². The molecule has 6 heteroatoms. The van der Waals surface area contributed by atoms with Crippen molar-refractivity contribution in [3.05, 3.63) is 34.9 Å². The van der Waals surface area contributed by atoms with E-state index < -0.39 is 11.7 Å². The topological polar surface area (TPSA) is 47.9 Å². The quantitative estimate of drug-likeness (QED) is 0.832. The van der Waals surface area contributed by atoms with Gasteiger partial charge in [-0.3, -0.25) is 10.9 Å². The summed E-state index contributed by atoms with van der Waals surface area (Å²) in [5.41, 5.74) is 5.24. The molecular formula is C14H14F3N3. The van der Waals surface area contributed by atoms with Gasteiger partial charge in [-0.25, -0.2) is 0 Å². The highest BCUT2D eigenvalue weighted by Gasteiger charge is 2.46. The Balaban J connectivity index is 2.00. The van der Waals surface area contributed by atoms with Crippen molar-refractivity contribution in [2.75, 3.05) is 6.54 Å². The van der Waals surface area contributed by atoms with Crippen LogP contribution in [0.1, 0.15) is 41.9 Å². The Morgan fingerprint density at radius 3 is 2.60 bits per heavy atom. The molecule has 0 amide bonds. The molecule has 1 saturated heterocycles. The Morgan fingerprint density at radius 1 is 1.35 bits per heavy atom. The highest BCUT2D eigenvalue weighted by Crippen LogP contribution is 2.46. The molecule has 3 rings (SSSR count). The van der Waals surface area contributed by atoms with Crippen LogP contribution in [0.3, 0.4) is 0 Å². The molecule has 1 aromatic rings. The van der Waals surface area contributed by atoms with Crippen LogP contribution in [0.2, 0.25) is 0 Å². The third-order valence-corrected chi connectivity index (χ3v) is 4.33. The summed E-state index contributed by atoms with van der Waals surface area (Å²) in [4.78, 5) is 0. The maximum absolute atomic E-state index is 13.3. The number of alkyl halides is 3. The van der Waals surface area contributed by atoms with Crippen LogP contribution in [0.5, 0.6) is 0 Å². The summed E-state index contributed by atoms with van der Waals surface area (Å²) in [6.07, 6.45) is -2.23. The van der Waals surface area contributed by atoms with E-state index in [2.05, 4.69) is 10.9 Å². The zero-order valence-corrected chi connectivity index (χ0v) is 10.7. The summed E-state index contributed by atoms with van der Waals surface area (Å²) in [5.74, 6) is -0.144. The minimum Gasteiger partial charge on any atom is -0.255 e. The molecule has 1 aliphatic carbocycles. The minimum atomic E-state index is -4.48. The molecule has 1 aliphatic heterocycles. The van der Waals surface area contributed by atoms with Crippen molar-refractivity contribution < 1.29 is 13.2 Å². The minimum absolute atomic E-state index is 0.0593. The Kier molecular flexibility index (Phi) is 3.00. The first-order valence-corrected chi connectivity index (χ1v) is 6.55. The molecule has 2 N–H and O–H groups in total. The lowest BCUT2D eigenvalue weighted by Gasteiger charge is -2.41. The summed E-state index contributed by atoms with van der Waals surface area (Å²) < 4.78 is 39.8. The number of hydrogen-bond donors (Lipinski definition) is 2. The molecule has 1 spiro atoms. The highest BCUT2D eigenvalue weighted by molar-refractivity contribution is 5.46. The molecule has 0 radical (unpaired) electrons. The van der Waals surface area contributed by atoms with E-state index in [4.69, 9.17) is 5.26 Å². The van der Waals surface area contributed by atoms with E-state index in [1.165, 1.54) is 12.1 Å². The first kappa shape index (κ1) is 13.4. The second-order valence-corrected chi connectivity index (χ2v) is 5.58. The van der Waals surface area contributed by atoms with Crippen LogP contribution < -0.4 is 10.9 Å². The standard InChI is InChI=1S/C14H14F3N3/c15-14(16,17)12-10(7-18)2-1-3-11(12)9-4-5-13(6-9)8-19-20-13/h1-3,9,19-20H,4-6,8H2. The van der Waals surface area contributed by atoms with Crippen LogP contribution >= 0.6 is 0 Å². The number of nitriles is 1. The van der Waals surface area contributed by atoms with E-state index in [9.17, 15) is 13.2 Å². The number of hydrogen-bond acceptors (Lipinski definition) is 3. The van der Waals surface area contributed by atoms with Crippen molar-refractivity contribution in [3.8, 4) is 6.07 Å². The SMILES string of the molecule is N#Cc1cccc(C2CCC3(CNN3)C2)c1C(F)(F)F. The van der Waals surface area contributed by atoms with Crippen LogP contribution in [-0.2, 0) is 6.18 Å². The molecule has 0 bridgehead atoms. The van der Waals surface area contributed by atoms with E-state index >= 15 is 0 Å². The summed E-state index contributed by atoms with van der Waals surface area (Å²) in [7, 11) is 0. The van der Waals surface area contributed by atoms with E-state index in [1.807, 2.05) is 0 Å². The van der Waals surface area contributed by atoms with Crippen LogP contribution in [0, 0.1) is 11.3 Å². The van der Waals surface area contributed by atoms with Gasteiger partial charge in [0, 0.05) is 12.1 Å². The van der Waals surface area contributed by atoms with Gasteiger partial charge in [0.1, 0.15) is 0 Å². The fourth-order valence-corrected chi connectivity index (χ4v) is 3.32. The van der Waals surface area contributed by atoms with Gasteiger partial charge in [-0.1, -0.05) is 12.1 Å². The molecule has 2 fully saturated rings. The fourth-order valence-electron chi connectivity index (χ4n) is 3.32. The largest absolute Gasteiger partial charge is 0.417 e. The highest BCUT2D eigenvalue weighted by atomic mass is 19.4. The molecule has 3 nitrogen and oxygen atoms in total. The summed E-state index contributed by atoms with van der Waals surface area (Å²) in [6, 6.07) is 5.96. The molecule has 2 atom stereocenters. The molecule has 2 unspecified atom stereocenters. The number of halogens is 3. The zero-order valence-electron chi connectivity index (χ0n) is 10.7. The maximum atomic E-state index is 13.3. The molecule has 0 aromatic heterocycles. The summed E-state index contributed by atoms with van der Waals surface area (Å²) in [5, 5.41) is 8.94. The Labute approximate surface area is 114 Å². The zero-order chi connectivity index (χ0) is 14.4. The Bertz CT molecular complexity index is 570.